The molecule has 0 aliphatic carbocycles. The van der Waals surface area contributed by atoms with Crippen molar-refractivity contribution >= 4 is 63.3 Å². The predicted octanol–water partition coefficient (Wildman–Crippen LogP) is 9.92. The van der Waals surface area contributed by atoms with Crippen molar-refractivity contribution in [3.63, 3.8) is 0 Å². The highest BCUT2D eigenvalue weighted by molar-refractivity contribution is 7.05. The average Bonchev–Trinajstić information content (AvgIpc) is 4.16. The Hall–Kier alpha value is -6.99. The highest BCUT2D eigenvalue weighted by Gasteiger charge is 2.50. The van der Waals surface area contributed by atoms with E-state index in [9.17, 15) is 0 Å². The SMILES string of the molecule is CC(C)(C)c1ccc2c(c1)-c1c(OCCCOc3ccco3)ccc3c1B2c1cccc2c1N3c1cc(C(C)(C)C)cc3c1B2c1cc(-c2ccc(OCCCOc4ccco4)cc2)ccc1-3. The minimum atomic E-state index is -0.0714. The van der Waals surface area contributed by atoms with Crippen LogP contribution in [0.2, 0.25) is 0 Å². The molecule has 7 nitrogen and oxygen atoms in total. The summed E-state index contributed by atoms with van der Waals surface area (Å²) in [5, 5.41) is 0. The second-order valence-corrected chi connectivity index (χ2v) is 20.4. The summed E-state index contributed by atoms with van der Waals surface area (Å²) < 4.78 is 35.1. The summed E-state index contributed by atoms with van der Waals surface area (Å²) in [6, 6.07) is 46.7. The minimum Gasteiger partial charge on any atom is -0.493 e. The van der Waals surface area contributed by atoms with Gasteiger partial charge in [0.2, 0.25) is 13.4 Å². The van der Waals surface area contributed by atoms with Gasteiger partial charge in [0.1, 0.15) is 11.5 Å². The van der Waals surface area contributed by atoms with Crippen LogP contribution in [0, 0.1) is 0 Å². The Morgan fingerprint density at radius 2 is 1.12 bits per heavy atom. The predicted molar refractivity (Wildman–Crippen MR) is 273 cm³/mol. The fourth-order valence-corrected chi connectivity index (χ4v) is 10.9. The van der Waals surface area contributed by atoms with Crippen molar-refractivity contribution in [3.05, 3.63) is 151 Å². The number of anilines is 3. The van der Waals surface area contributed by atoms with Crippen molar-refractivity contribution in [3.8, 4) is 56.8 Å². The van der Waals surface area contributed by atoms with Gasteiger partial charge in [0, 0.05) is 47.6 Å². The molecule has 332 valence electrons. The number of ether oxygens (including phenoxy) is 4. The smallest absolute Gasteiger partial charge is 0.284 e. The van der Waals surface area contributed by atoms with Gasteiger partial charge in [0.15, 0.2) is 0 Å². The van der Waals surface area contributed by atoms with E-state index < -0.39 is 0 Å². The summed E-state index contributed by atoms with van der Waals surface area (Å²) in [5.41, 5.74) is 22.0. The van der Waals surface area contributed by atoms with E-state index in [1.807, 2.05) is 24.3 Å². The number of benzene rings is 6. The number of hydrogen-bond donors (Lipinski definition) is 0. The summed E-state index contributed by atoms with van der Waals surface area (Å²) in [6.45, 7) is 16.2. The summed E-state index contributed by atoms with van der Waals surface area (Å²) in [7, 11) is 0. The Labute approximate surface area is 393 Å². The highest BCUT2D eigenvalue weighted by atomic mass is 16.6. The molecule has 0 saturated heterocycles. The maximum Gasteiger partial charge on any atom is 0.284 e. The van der Waals surface area contributed by atoms with Crippen molar-refractivity contribution in [1.82, 2.24) is 0 Å². The van der Waals surface area contributed by atoms with Crippen molar-refractivity contribution in [2.45, 2.75) is 65.2 Å². The number of rotatable bonds is 13. The van der Waals surface area contributed by atoms with Crippen LogP contribution in [0.1, 0.15) is 65.5 Å². The van der Waals surface area contributed by atoms with E-state index in [1.165, 1.54) is 88.8 Å². The van der Waals surface area contributed by atoms with Crippen LogP contribution in [-0.4, -0.2) is 39.9 Å². The molecule has 67 heavy (non-hydrogen) atoms. The van der Waals surface area contributed by atoms with E-state index in [1.54, 1.807) is 12.5 Å². The topological polar surface area (TPSA) is 66.4 Å². The van der Waals surface area contributed by atoms with E-state index in [2.05, 4.69) is 150 Å². The lowest BCUT2D eigenvalue weighted by Crippen LogP contribution is -2.63. The monoisotopic (exact) mass is 881 g/mol. The normalized spacial score (nSPS) is 13.5. The van der Waals surface area contributed by atoms with Crippen molar-refractivity contribution < 1.29 is 27.8 Å². The molecular weight excluding hydrogens is 828 g/mol. The van der Waals surface area contributed by atoms with E-state index in [0.717, 1.165) is 29.9 Å². The van der Waals surface area contributed by atoms with Crippen LogP contribution in [-0.2, 0) is 10.8 Å². The first-order valence-corrected chi connectivity index (χ1v) is 23.8. The molecule has 0 N–H and O–H groups in total. The van der Waals surface area contributed by atoms with Crippen LogP contribution in [0.5, 0.6) is 23.4 Å². The van der Waals surface area contributed by atoms with Crippen LogP contribution in [0.15, 0.2) is 149 Å². The highest BCUT2D eigenvalue weighted by Crippen LogP contribution is 2.48. The molecule has 0 atom stereocenters. The van der Waals surface area contributed by atoms with Gasteiger partial charge in [-0.25, -0.2) is 0 Å². The molecule has 4 aliphatic heterocycles. The van der Waals surface area contributed by atoms with Crippen LogP contribution in [0.25, 0.3) is 33.4 Å². The third kappa shape index (κ3) is 6.96. The first kappa shape index (κ1) is 41.4. The summed E-state index contributed by atoms with van der Waals surface area (Å²) >= 11 is 0. The van der Waals surface area contributed by atoms with Gasteiger partial charge >= 0.3 is 0 Å². The molecule has 4 aliphatic rings. The Morgan fingerprint density at radius 3 is 1.79 bits per heavy atom. The van der Waals surface area contributed by atoms with Gasteiger partial charge in [0.05, 0.1) is 39.0 Å². The van der Waals surface area contributed by atoms with Crippen LogP contribution < -0.4 is 56.6 Å². The number of para-hydroxylation sites is 1. The quantitative estimate of drug-likeness (QED) is 0.0845. The van der Waals surface area contributed by atoms with Crippen LogP contribution in [0.3, 0.4) is 0 Å². The number of fused-ring (bicyclic) bond motifs is 10. The molecule has 8 aromatic rings. The average molecular weight is 882 g/mol. The summed E-state index contributed by atoms with van der Waals surface area (Å²) in [5.74, 6) is 2.83. The first-order valence-electron chi connectivity index (χ1n) is 23.8. The third-order valence-corrected chi connectivity index (χ3v) is 14.1. The molecule has 0 fully saturated rings. The Morgan fingerprint density at radius 1 is 0.478 bits per heavy atom. The lowest BCUT2D eigenvalue weighted by atomic mass is 9.32. The molecule has 0 radical (unpaired) electrons. The summed E-state index contributed by atoms with van der Waals surface area (Å²) in [6.07, 6.45) is 4.74. The van der Waals surface area contributed by atoms with Gasteiger partial charge < -0.3 is 32.7 Å². The number of hydrogen-bond acceptors (Lipinski definition) is 7. The Bertz CT molecular complexity index is 3180. The largest absolute Gasteiger partial charge is 0.493 e. The van der Waals surface area contributed by atoms with Gasteiger partial charge in [-0.3, -0.25) is 0 Å². The standard InChI is InChI=1S/C58H53B2NO6/c1-57(2,3)38-19-23-44-43(33-38)53-50(63-29-11-31-67-52-15-9-27-65-52)25-24-48-55(53)59(44)45-12-7-13-46-56(45)61(48)49-35-39(58(4,5)6)34-42-41-22-18-37(32-47(41)60(46)54(42)49)36-16-20-40(21-17-36)62-28-10-30-66-51-14-8-26-64-51/h7-9,12-27,32-35H,10-11,28-31H2,1-6H3. The van der Waals surface area contributed by atoms with Gasteiger partial charge in [-0.1, -0.05) is 125 Å². The van der Waals surface area contributed by atoms with Crippen molar-refractivity contribution in [2.75, 3.05) is 31.3 Å². The zero-order valence-corrected chi connectivity index (χ0v) is 39.1. The molecule has 0 saturated carbocycles. The number of nitrogens with zero attached hydrogens (tertiary/aromatic N) is 1. The first-order chi connectivity index (χ1) is 32.5. The van der Waals surface area contributed by atoms with E-state index in [0.29, 0.717) is 38.3 Å². The van der Waals surface area contributed by atoms with Gasteiger partial charge in [0.25, 0.3) is 11.9 Å². The molecule has 0 spiro atoms. The minimum absolute atomic E-state index is 0.0165. The third-order valence-electron chi connectivity index (χ3n) is 14.1. The molecule has 6 heterocycles. The lowest BCUT2D eigenvalue weighted by Gasteiger charge is -2.43. The van der Waals surface area contributed by atoms with Gasteiger partial charge in [-0.2, -0.15) is 0 Å². The van der Waals surface area contributed by atoms with Crippen molar-refractivity contribution in [2.24, 2.45) is 0 Å². The lowest BCUT2D eigenvalue weighted by molar-refractivity contribution is 0.210. The fourth-order valence-electron chi connectivity index (χ4n) is 10.9. The molecule has 0 bridgehead atoms. The maximum atomic E-state index is 6.79. The molecule has 0 unspecified atom stereocenters. The zero-order valence-electron chi connectivity index (χ0n) is 39.1. The maximum absolute atomic E-state index is 6.79. The van der Waals surface area contributed by atoms with Crippen LogP contribution in [0.4, 0.5) is 17.1 Å². The van der Waals surface area contributed by atoms with E-state index >= 15 is 0 Å². The van der Waals surface area contributed by atoms with Crippen molar-refractivity contribution in [1.29, 1.82) is 0 Å². The molecule has 0 amide bonds. The van der Waals surface area contributed by atoms with Crippen LogP contribution >= 0.6 is 0 Å². The Kier molecular flexibility index (Phi) is 9.79. The van der Waals surface area contributed by atoms with Gasteiger partial charge in [-0.05, 0) is 114 Å². The second kappa shape index (κ2) is 15.8. The molecule has 2 aromatic heterocycles. The van der Waals surface area contributed by atoms with E-state index in [4.69, 9.17) is 27.8 Å². The number of furan rings is 2. The Balaban J connectivity index is 0.942. The van der Waals surface area contributed by atoms with E-state index in [-0.39, 0.29) is 24.3 Å². The molecule has 12 rings (SSSR count). The molecule has 9 heteroatoms. The fraction of sp³-hybridized carbons (Fsp3) is 0.241. The second-order valence-electron chi connectivity index (χ2n) is 20.4. The summed E-state index contributed by atoms with van der Waals surface area (Å²) in [4.78, 5) is 2.62. The van der Waals surface area contributed by atoms with Gasteiger partial charge in [-0.15, -0.1) is 0 Å². The molecular formula is C58H53B2NO6. The molecule has 6 aromatic carbocycles. The zero-order chi connectivity index (χ0) is 45.6.